The molecule has 0 saturated carbocycles. The molecular weight excluding hydrogens is 318 g/mol. The molecule has 0 aliphatic heterocycles. The van der Waals surface area contributed by atoms with Crippen LogP contribution in [-0.2, 0) is 17.6 Å². The van der Waals surface area contributed by atoms with Crippen LogP contribution in [0.1, 0.15) is 24.7 Å². The number of benzene rings is 1. The molecule has 1 heterocycles. The predicted octanol–water partition coefficient (Wildman–Crippen LogP) is 2.26. The number of amides is 3. The van der Waals surface area contributed by atoms with E-state index in [1.807, 2.05) is 49.4 Å². The van der Waals surface area contributed by atoms with E-state index < -0.39 is 0 Å². The highest BCUT2D eigenvalue weighted by Gasteiger charge is 2.09. The molecule has 0 unspecified atom stereocenters. The van der Waals surface area contributed by atoms with Crippen LogP contribution in [0.3, 0.4) is 0 Å². The van der Waals surface area contributed by atoms with Gasteiger partial charge in [0.15, 0.2) is 0 Å². The molecule has 3 N–H and O–H groups in total. The minimum absolute atomic E-state index is 0.00811. The smallest absolute Gasteiger partial charge is 0.315 e. The van der Waals surface area contributed by atoms with E-state index >= 15 is 0 Å². The quantitative estimate of drug-likeness (QED) is 0.653. The monoisotopic (exact) mass is 343 g/mol. The average molecular weight is 343 g/mol. The van der Waals surface area contributed by atoms with Crippen molar-refractivity contribution in [2.75, 3.05) is 13.1 Å². The number of hydrogen-bond acceptors (Lipinski definition) is 3. The summed E-state index contributed by atoms with van der Waals surface area (Å²) in [5.74, 6) is 0.696. The first-order valence-corrected chi connectivity index (χ1v) is 8.51. The molecule has 6 nitrogen and oxygen atoms in total. The zero-order chi connectivity index (χ0) is 17.9. The Labute approximate surface area is 148 Å². The maximum Gasteiger partial charge on any atom is 0.315 e. The summed E-state index contributed by atoms with van der Waals surface area (Å²) < 4.78 is 5.26. The van der Waals surface area contributed by atoms with Gasteiger partial charge in [-0.05, 0) is 37.5 Å². The van der Waals surface area contributed by atoms with E-state index in [0.717, 1.165) is 25.0 Å². The third-order valence-electron chi connectivity index (χ3n) is 3.77. The number of rotatable bonds is 9. The molecule has 0 saturated heterocycles. The zero-order valence-corrected chi connectivity index (χ0v) is 14.5. The molecule has 0 bridgehead atoms. The first-order chi connectivity index (χ1) is 12.1. The van der Waals surface area contributed by atoms with Crippen molar-refractivity contribution in [2.24, 2.45) is 0 Å². The molecule has 1 aromatic heterocycles. The van der Waals surface area contributed by atoms with Gasteiger partial charge in [0.25, 0.3) is 0 Å². The summed E-state index contributed by atoms with van der Waals surface area (Å²) in [4.78, 5) is 23.5. The van der Waals surface area contributed by atoms with Crippen LogP contribution in [0.4, 0.5) is 4.79 Å². The summed E-state index contributed by atoms with van der Waals surface area (Å²) in [6.45, 7) is 2.43. The molecule has 0 fully saturated rings. The van der Waals surface area contributed by atoms with E-state index in [4.69, 9.17) is 4.42 Å². The number of carbonyl (C=O) groups excluding carboxylic acids is 2. The second kappa shape index (κ2) is 10.2. The summed E-state index contributed by atoms with van der Waals surface area (Å²) in [5.41, 5.74) is 1.17. The summed E-state index contributed by atoms with van der Waals surface area (Å²) in [7, 11) is 0. The minimum atomic E-state index is -0.342. The molecule has 2 aromatic rings. The van der Waals surface area contributed by atoms with Gasteiger partial charge in [-0.3, -0.25) is 4.79 Å². The lowest BCUT2D eigenvalue weighted by Gasteiger charge is -2.14. The van der Waals surface area contributed by atoms with Crippen LogP contribution in [0.2, 0.25) is 0 Å². The van der Waals surface area contributed by atoms with Crippen molar-refractivity contribution in [3.8, 4) is 0 Å². The van der Waals surface area contributed by atoms with Gasteiger partial charge in [-0.2, -0.15) is 0 Å². The third kappa shape index (κ3) is 7.56. The van der Waals surface area contributed by atoms with Crippen LogP contribution < -0.4 is 16.0 Å². The molecule has 2 rings (SSSR count). The molecular formula is C19H25N3O3. The van der Waals surface area contributed by atoms with Crippen molar-refractivity contribution < 1.29 is 14.0 Å². The molecule has 0 spiro atoms. The Morgan fingerprint density at radius 2 is 1.84 bits per heavy atom. The van der Waals surface area contributed by atoms with Crippen molar-refractivity contribution in [1.82, 2.24) is 16.0 Å². The number of urea groups is 1. The maximum atomic E-state index is 11.8. The third-order valence-corrected chi connectivity index (χ3v) is 3.77. The highest BCUT2D eigenvalue weighted by Crippen LogP contribution is 2.05. The largest absolute Gasteiger partial charge is 0.469 e. The molecule has 3 amide bonds. The van der Waals surface area contributed by atoms with Crippen molar-refractivity contribution in [3.63, 3.8) is 0 Å². The highest BCUT2D eigenvalue weighted by molar-refractivity contribution is 5.83. The molecule has 134 valence electrons. The molecule has 0 radical (unpaired) electrons. The van der Waals surface area contributed by atoms with Crippen LogP contribution in [0, 0.1) is 0 Å². The van der Waals surface area contributed by atoms with E-state index in [1.165, 1.54) is 5.56 Å². The molecule has 1 aromatic carbocycles. The van der Waals surface area contributed by atoms with E-state index in [2.05, 4.69) is 16.0 Å². The summed E-state index contributed by atoms with van der Waals surface area (Å²) in [6, 6.07) is 13.3. The topological polar surface area (TPSA) is 83.4 Å². The highest BCUT2D eigenvalue weighted by atomic mass is 16.3. The van der Waals surface area contributed by atoms with Gasteiger partial charge in [-0.1, -0.05) is 30.3 Å². The van der Waals surface area contributed by atoms with Gasteiger partial charge in [-0.25, -0.2) is 4.79 Å². The van der Waals surface area contributed by atoms with Crippen LogP contribution in [-0.4, -0.2) is 31.1 Å². The Kier molecular flexibility index (Phi) is 7.56. The molecule has 0 aliphatic rings. The fraction of sp³-hybridized carbons (Fsp3) is 0.368. The molecule has 6 heteroatoms. The fourth-order valence-electron chi connectivity index (χ4n) is 2.37. The van der Waals surface area contributed by atoms with Gasteiger partial charge in [0.05, 0.1) is 12.8 Å². The second-order valence-electron chi connectivity index (χ2n) is 5.93. The number of carbonyl (C=O) groups is 2. The summed E-state index contributed by atoms with van der Waals surface area (Å²) in [5, 5.41) is 8.17. The maximum absolute atomic E-state index is 11.8. The number of aryl methyl sites for hydroxylation is 1. The van der Waals surface area contributed by atoms with Crippen LogP contribution in [0.15, 0.2) is 53.1 Å². The summed E-state index contributed by atoms with van der Waals surface area (Å²) in [6.07, 6.45) is 3.93. The molecule has 0 aliphatic carbocycles. The first-order valence-electron chi connectivity index (χ1n) is 8.51. The first kappa shape index (κ1) is 18.6. The van der Waals surface area contributed by atoms with Gasteiger partial charge < -0.3 is 20.4 Å². The SMILES string of the molecule is C[C@@H](CCc1ccco1)NC(=O)NCC(=O)NCCc1ccccc1. The molecule has 25 heavy (non-hydrogen) atoms. The van der Waals surface area contributed by atoms with Gasteiger partial charge in [0.2, 0.25) is 5.91 Å². The van der Waals surface area contributed by atoms with Crippen molar-refractivity contribution in [3.05, 3.63) is 60.1 Å². The van der Waals surface area contributed by atoms with E-state index in [-0.39, 0.29) is 24.5 Å². The number of furan rings is 1. The number of hydrogen-bond donors (Lipinski definition) is 3. The van der Waals surface area contributed by atoms with Crippen molar-refractivity contribution in [2.45, 2.75) is 32.2 Å². The fourth-order valence-corrected chi connectivity index (χ4v) is 2.37. The van der Waals surface area contributed by atoms with Crippen LogP contribution in [0.5, 0.6) is 0 Å². The Balaban J connectivity index is 1.55. The zero-order valence-electron chi connectivity index (χ0n) is 14.5. The lowest BCUT2D eigenvalue weighted by Crippen LogP contribution is -2.45. The standard InChI is InChI=1S/C19H25N3O3/c1-15(9-10-17-8-5-13-25-17)22-19(24)21-14-18(23)20-12-11-16-6-3-2-4-7-16/h2-8,13,15H,9-12,14H2,1H3,(H,20,23)(H2,21,22,24)/t15-/m0/s1. The Bertz CT molecular complexity index is 641. The van der Waals surface area contributed by atoms with E-state index in [1.54, 1.807) is 6.26 Å². The van der Waals surface area contributed by atoms with Gasteiger partial charge in [-0.15, -0.1) is 0 Å². The predicted molar refractivity (Wildman–Crippen MR) is 96.2 cm³/mol. The van der Waals surface area contributed by atoms with Crippen molar-refractivity contribution in [1.29, 1.82) is 0 Å². The molecule has 1 atom stereocenters. The lowest BCUT2D eigenvalue weighted by atomic mass is 10.1. The lowest BCUT2D eigenvalue weighted by molar-refractivity contribution is -0.120. The van der Waals surface area contributed by atoms with Crippen molar-refractivity contribution >= 4 is 11.9 Å². The van der Waals surface area contributed by atoms with Crippen LogP contribution in [0.25, 0.3) is 0 Å². The van der Waals surface area contributed by atoms with Gasteiger partial charge in [0.1, 0.15) is 5.76 Å². The Hall–Kier alpha value is -2.76. The normalized spacial score (nSPS) is 11.6. The minimum Gasteiger partial charge on any atom is -0.469 e. The van der Waals surface area contributed by atoms with Crippen LogP contribution >= 0.6 is 0 Å². The second-order valence-corrected chi connectivity index (χ2v) is 5.93. The van der Waals surface area contributed by atoms with Gasteiger partial charge >= 0.3 is 6.03 Å². The number of nitrogens with one attached hydrogen (secondary N) is 3. The van der Waals surface area contributed by atoms with E-state index in [0.29, 0.717) is 6.54 Å². The average Bonchev–Trinajstić information content (AvgIpc) is 3.13. The Morgan fingerprint density at radius 3 is 2.56 bits per heavy atom. The Morgan fingerprint density at radius 1 is 1.04 bits per heavy atom. The summed E-state index contributed by atoms with van der Waals surface area (Å²) >= 11 is 0. The van der Waals surface area contributed by atoms with Gasteiger partial charge in [0, 0.05) is 19.0 Å². The van der Waals surface area contributed by atoms with E-state index in [9.17, 15) is 9.59 Å².